The number of aliphatic imine (C=N–C) groups is 1. The molecule has 1 saturated heterocycles. The summed E-state index contributed by atoms with van der Waals surface area (Å²) in [6.07, 6.45) is 3.95. The lowest BCUT2D eigenvalue weighted by molar-refractivity contribution is 0.157. The van der Waals surface area contributed by atoms with Gasteiger partial charge in [0.15, 0.2) is 5.96 Å². The normalized spacial score (nSPS) is 18.8. The van der Waals surface area contributed by atoms with Gasteiger partial charge < -0.3 is 10.6 Å². The van der Waals surface area contributed by atoms with Crippen molar-refractivity contribution >= 4 is 29.9 Å². The maximum atomic E-state index is 4.78. The fourth-order valence-electron chi connectivity index (χ4n) is 3.47. The van der Waals surface area contributed by atoms with Crippen molar-refractivity contribution in [2.75, 3.05) is 26.2 Å². The number of rotatable bonds is 6. The lowest BCUT2D eigenvalue weighted by Crippen LogP contribution is -2.49. The van der Waals surface area contributed by atoms with Gasteiger partial charge in [-0.05, 0) is 46.7 Å². The van der Waals surface area contributed by atoms with Gasteiger partial charge in [-0.1, -0.05) is 13.3 Å². The number of hydrogen-bond acceptors (Lipinski definition) is 3. The van der Waals surface area contributed by atoms with Crippen LogP contribution in [-0.2, 0) is 13.6 Å². The van der Waals surface area contributed by atoms with Gasteiger partial charge >= 0.3 is 0 Å². The minimum atomic E-state index is 0. The average Bonchev–Trinajstić information content (AvgIpc) is 2.83. The van der Waals surface area contributed by atoms with E-state index in [1.807, 2.05) is 11.7 Å². The monoisotopic (exact) mass is 462 g/mol. The molecule has 0 radical (unpaired) electrons. The number of nitrogens with zero attached hydrogens (tertiary/aromatic N) is 4. The molecule has 25 heavy (non-hydrogen) atoms. The van der Waals surface area contributed by atoms with Gasteiger partial charge in [0.2, 0.25) is 0 Å². The molecule has 6 nitrogen and oxygen atoms in total. The zero-order valence-corrected chi connectivity index (χ0v) is 18.8. The zero-order chi connectivity index (χ0) is 17.5. The first-order valence-electron chi connectivity index (χ1n) is 9.32. The maximum absolute atomic E-state index is 4.78. The standard InChI is InChI=1S/C18H34N6.HI/c1-6-19-18(20-12-16-10-8-9-11-24(16)7-2)21-13-17-14(3)22-23(5)15(17)4;/h16H,6-13H2,1-5H3,(H2,19,20,21);1H. The molecule has 1 aliphatic heterocycles. The molecule has 1 unspecified atom stereocenters. The summed E-state index contributed by atoms with van der Waals surface area (Å²) in [6.45, 7) is 13.4. The topological polar surface area (TPSA) is 57.5 Å². The SMILES string of the molecule is CCNC(=NCc1c(C)nn(C)c1C)NCC1CCCCN1CC.I. The van der Waals surface area contributed by atoms with Gasteiger partial charge in [0, 0.05) is 37.4 Å². The third-order valence-electron chi connectivity index (χ3n) is 5.06. The van der Waals surface area contributed by atoms with E-state index in [-0.39, 0.29) is 24.0 Å². The first kappa shape index (κ1) is 22.2. The van der Waals surface area contributed by atoms with Crippen LogP contribution in [0.3, 0.4) is 0 Å². The Labute approximate surface area is 169 Å². The summed E-state index contributed by atoms with van der Waals surface area (Å²) < 4.78 is 1.93. The summed E-state index contributed by atoms with van der Waals surface area (Å²) in [5.74, 6) is 0.904. The van der Waals surface area contributed by atoms with Crippen molar-refractivity contribution < 1.29 is 0 Å². The molecule has 0 aliphatic carbocycles. The highest BCUT2D eigenvalue weighted by molar-refractivity contribution is 14.0. The van der Waals surface area contributed by atoms with Crippen LogP contribution in [0.1, 0.15) is 50.1 Å². The molecule has 1 aliphatic rings. The highest BCUT2D eigenvalue weighted by Gasteiger charge is 2.20. The van der Waals surface area contributed by atoms with Crippen LogP contribution in [0.4, 0.5) is 0 Å². The lowest BCUT2D eigenvalue weighted by atomic mass is 10.0. The minimum absolute atomic E-state index is 0. The van der Waals surface area contributed by atoms with E-state index >= 15 is 0 Å². The molecule has 1 atom stereocenters. The van der Waals surface area contributed by atoms with E-state index in [2.05, 4.69) is 48.3 Å². The summed E-state index contributed by atoms with van der Waals surface area (Å²) in [7, 11) is 1.99. The van der Waals surface area contributed by atoms with E-state index in [9.17, 15) is 0 Å². The Morgan fingerprint density at radius 3 is 2.60 bits per heavy atom. The van der Waals surface area contributed by atoms with Crippen molar-refractivity contribution in [1.29, 1.82) is 0 Å². The van der Waals surface area contributed by atoms with Gasteiger partial charge in [-0.15, -0.1) is 24.0 Å². The number of halogens is 1. The third kappa shape index (κ3) is 6.13. The van der Waals surface area contributed by atoms with Gasteiger partial charge in [-0.3, -0.25) is 9.58 Å². The summed E-state index contributed by atoms with van der Waals surface area (Å²) in [6, 6.07) is 0.620. The van der Waals surface area contributed by atoms with Crippen molar-refractivity contribution in [3.63, 3.8) is 0 Å². The van der Waals surface area contributed by atoms with Crippen molar-refractivity contribution in [3.8, 4) is 0 Å². The van der Waals surface area contributed by atoms with E-state index in [0.29, 0.717) is 12.6 Å². The van der Waals surface area contributed by atoms with Crippen molar-refractivity contribution in [2.45, 2.75) is 59.5 Å². The zero-order valence-electron chi connectivity index (χ0n) is 16.4. The third-order valence-corrected chi connectivity index (χ3v) is 5.06. The molecule has 144 valence electrons. The number of aryl methyl sites for hydroxylation is 2. The average molecular weight is 462 g/mol. The van der Waals surface area contributed by atoms with E-state index in [1.54, 1.807) is 0 Å². The summed E-state index contributed by atoms with van der Waals surface area (Å²) in [5.41, 5.74) is 3.48. The second kappa shape index (κ2) is 11.0. The summed E-state index contributed by atoms with van der Waals surface area (Å²) in [4.78, 5) is 7.36. The van der Waals surface area contributed by atoms with Crippen LogP contribution in [0.15, 0.2) is 4.99 Å². The van der Waals surface area contributed by atoms with E-state index in [0.717, 1.165) is 31.3 Å². The van der Waals surface area contributed by atoms with Crippen LogP contribution in [0.25, 0.3) is 0 Å². The molecule has 0 aromatic carbocycles. The molecule has 0 amide bonds. The Hall–Kier alpha value is -0.830. The van der Waals surface area contributed by atoms with Gasteiger partial charge in [0.05, 0.1) is 12.2 Å². The number of nitrogens with one attached hydrogen (secondary N) is 2. The molecular formula is C18H35IN6. The van der Waals surface area contributed by atoms with Crippen LogP contribution in [-0.4, -0.2) is 52.9 Å². The van der Waals surface area contributed by atoms with E-state index < -0.39 is 0 Å². The molecule has 2 rings (SSSR count). The summed E-state index contributed by atoms with van der Waals surface area (Å²) in [5, 5.41) is 11.4. The second-order valence-corrected chi connectivity index (χ2v) is 6.63. The predicted molar refractivity (Wildman–Crippen MR) is 116 cm³/mol. The van der Waals surface area contributed by atoms with Gasteiger partial charge in [-0.2, -0.15) is 5.10 Å². The van der Waals surface area contributed by atoms with Crippen LogP contribution >= 0.6 is 24.0 Å². The molecular weight excluding hydrogens is 427 g/mol. The van der Waals surface area contributed by atoms with Crippen molar-refractivity contribution in [1.82, 2.24) is 25.3 Å². The molecule has 1 aromatic heterocycles. The smallest absolute Gasteiger partial charge is 0.191 e. The molecule has 0 spiro atoms. The molecule has 1 aromatic rings. The van der Waals surface area contributed by atoms with Crippen LogP contribution in [0.2, 0.25) is 0 Å². The Morgan fingerprint density at radius 2 is 2.00 bits per heavy atom. The largest absolute Gasteiger partial charge is 0.357 e. The number of likely N-dealkylation sites (N-methyl/N-ethyl adjacent to an activating group) is 1. The van der Waals surface area contributed by atoms with Crippen molar-refractivity contribution in [2.24, 2.45) is 12.0 Å². The summed E-state index contributed by atoms with van der Waals surface area (Å²) >= 11 is 0. The molecule has 0 saturated carbocycles. The fraction of sp³-hybridized carbons (Fsp3) is 0.778. The molecule has 1 fully saturated rings. The molecule has 7 heteroatoms. The number of aromatic nitrogens is 2. The second-order valence-electron chi connectivity index (χ2n) is 6.63. The Bertz CT molecular complexity index is 554. The first-order valence-corrected chi connectivity index (χ1v) is 9.32. The highest BCUT2D eigenvalue weighted by Crippen LogP contribution is 2.16. The Balaban J connectivity index is 0.00000312. The van der Waals surface area contributed by atoms with Crippen LogP contribution in [0, 0.1) is 13.8 Å². The van der Waals surface area contributed by atoms with E-state index in [1.165, 1.54) is 37.1 Å². The number of piperidine rings is 1. The molecule has 0 bridgehead atoms. The fourth-order valence-corrected chi connectivity index (χ4v) is 3.47. The minimum Gasteiger partial charge on any atom is -0.357 e. The van der Waals surface area contributed by atoms with E-state index in [4.69, 9.17) is 4.99 Å². The molecule has 2 heterocycles. The first-order chi connectivity index (χ1) is 11.6. The maximum Gasteiger partial charge on any atom is 0.191 e. The van der Waals surface area contributed by atoms with Gasteiger partial charge in [-0.25, -0.2) is 4.99 Å². The number of likely N-dealkylation sites (tertiary alicyclic amines) is 1. The van der Waals surface area contributed by atoms with Gasteiger partial charge in [0.1, 0.15) is 0 Å². The van der Waals surface area contributed by atoms with Crippen LogP contribution in [0.5, 0.6) is 0 Å². The van der Waals surface area contributed by atoms with Crippen molar-refractivity contribution in [3.05, 3.63) is 17.0 Å². The Kier molecular flexibility index (Phi) is 9.78. The highest BCUT2D eigenvalue weighted by atomic mass is 127. The van der Waals surface area contributed by atoms with Gasteiger partial charge in [0.25, 0.3) is 0 Å². The number of guanidine groups is 1. The lowest BCUT2D eigenvalue weighted by Gasteiger charge is -2.35. The Morgan fingerprint density at radius 1 is 1.24 bits per heavy atom. The van der Waals surface area contributed by atoms with Crippen LogP contribution < -0.4 is 10.6 Å². The molecule has 2 N–H and O–H groups in total. The predicted octanol–water partition coefficient (Wildman–Crippen LogP) is 2.58. The quantitative estimate of drug-likeness (QED) is 0.388. The number of hydrogen-bond donors (Lipinski definition) is 2.